The number of fused-ring (bicyclic) bond motifs is 2. The molecule has 2 heterocycles. The van der Waals surface area contributed by atoms with Crippen LogP contribution in [0.5, 0.6) is 11.8 Å². The van der Waals surface area contributed by atoms with E-state index < -0.39 is 0 Å². The Labute approximate surface area is 249 Å². The molecule has 226 valence electrons. The predicted octanol–water partition coefficient (Wildman–Crippen LogP) is 5.35. The van der Waals surface area contributed by atoms with Crippen LogP contribution in [0.1, 0.15) is 73.1 Å². The summed E-state index contributed by atoms with van der Waals surface area (Å²) in [5, 5.41) is 12.2. The van der Waals surface area contributed by atoms with Crippen LogP contribution in [0.25, 0.3) is 10.8 Å². The second-order valence-electron chi connectivity index (χ2n) is 11.9. The lowest BCUT2D eigenvalue weighted by molar-refractivity contribution is -0.0980. The Morgan fingerprint density at radius 2 is 1.86 bits per heavy atom. The van der Waals surface area contributed by atoms with Crippen LogP contribution < -0.4 is 9.64 Å². The van der Waals surface area contributed by atoms with Crippen molar-refractivity contribution in [1.29, 1.82) is 0 Å². The number of aromatic nitrogens is 2. The Bertz CT molecular complexity index is 1400. The van der Waals surface area contributed by atoms with Gasteiger partial charge >= 0.3 is 6.01 Å². The van der Waals surface area contributed by atoms with Crippen LogP contribution in [0, 0.1) is 12.3 Å². The van der Waals surface area contributed by atoms with Crippen molar-refractivity contribution in [2.75, 3.05) is 45.2 Å². The third-order valence-electron chi connectivity index (χ3n) is 8.12. The van der Waals surface area contributed by atoms with Gasteiger partial charge in [-0.25, -0.2) is 0 Å². The van der Waals surface area contributed by atoms with Gasteiger partial charge in [0.25, 0.3) is 5.91 Å². The van der Waals surface area contributed by atoms with Crippen molar-refractivity contribution in [3.8, 4) is 11.8 Å². The predicted molar refractivity (Wildman–Crippen MR) is 166 cm³/mol. The highest BCUT2D eigenvalue weighted by Crippen LogP contribution is 2.46. The Kier molecular flexibility index (Phi) is 10.0. The summed E-state index contributed by atoms with van der Waals surface area (Å²) in [5.74, 6) is 0.870. The van der Waals surface area contributed by atoms with E-state index in [1.54, 1.807) is 12.1 Å². The summed E-state index contributed by atoms with van der Waals surface area (Å²) < 4.78 is 6.29. The standard InChI is InChI=1S/C32H43N5O3.CH2O/c1-6-8-15-36(14-7-2)29-26-18-37(30(39)25-17-24(38)16-23-11-9-10-22(3)28(23)25)19-27(26)33-31(34-29)40-21-32(12-13-32)20-35(4)5;1-2/h9-11,16-17,38H,6-8,12-15,18-21H2,1-5H3;1H2. The lowest BCUT2D eigenvalue weighted by Crippen LogP contribution is -2.29. The molecule has 0 atom stereocenters. The number of ether oxygens (including phenoxy) is 1. The second kappa shape index (κ2) is 13.5. The molecule has 9 nitrogen and oxygen atoms in total. The molecule has 1 aromatic heterocycles. The molecular formula is C33H45N5O4. The van der Waals surface area contributed by atoms with Gasteiger partial charge in [0.05, 0.1) is 31.0 Å². The summed E-state index contributed by atoms with van der Waals surface area (Å²) in [6, 6.07) is 9.59. The van der Waals surface area contributed by atoms with Crippen LogP contribution in [0.3, 0.4) is 0 Å². The molecule has 1 fully saturated rings. The van der Waals surface area contributed by atoms with Crippen LogP contribution in [0.4, 0.5) is 5.82 Å². The van der Waals surface area contributed by atoms with Gasteiger partial charge in [-0.05, 0) is 75.2 Å². The second-order valence-corrected chi connectivity index (χ2v) is 11.9. The number of nitrogens with zero attached hydrogens (tertiary/aromatic N) is 5. The summed E-state index contributed by atoms with van der Waals surface area (Å²) in [5.41, 5.74) is 3.55. The minimum atomic E-state index is -0.111. The maximum atomic E-state index is 14.0. The van der Waals surface area contributed by atoms with Gasteiger partial charge in [0.15, 0.2) is 0 Å². The van der Waals surface area contributed by atoms with Crippen LogP contribution in [-0.2, 0) is 17.9 Å². The van der Waals surface area contributed by atoms with Gasteiger partial charge in [-0.1, -0.05) is 38.5 Å². The number of phenolic OH excluding ortho intramolecular Hbond substituents is 1. The number of phenols is 1. The molecule has 1 aliphatic carbocycles. The topological polar surface area (TPSA) is 99.1 Å². The fourth-order valence-corrected chi connectivity index (χ4v) is 5.98. The molecule has 1 amide bonds. The molecule has 0 radical (unpaired) electrons. The van der Waals surface area contributed by atoms with E-state index >= 15 is 0 Å². The average Bonchev–Trinajstić information content (AvgIpc) is 3.59. The third kappa shape index (κ3) is 6.84. The minimum absolute atomic E-state index is 0.0924. The largest absolute Gasteiger partial charge is 0.508 e. The molecule has 3 aromatic rings. The molecule has 1 N–H and O–H groups in total. The van der Waals surface area contributed by atoms with Crippen LogP contribution >= 0.6 is 0 Å². The first-order chi connectivity index (χ1) is 20.2. The van der Waals surface area contributed by atoms with Gasteiger partial charge in [-0.3, -0.25) is 4.79 Å². The zero-order chi connectivity index (χ0) is 30.4. The van der Waals surface area contributed by atoms with E-state index in [-0.39, 0.29) is 17.1 Å². The van der Waals surface area contributed by atoms with E-state index in [9.17, 15) is 9.90 Å². The molecule has 42 heavy (non-hydrogen) atoms. The highest BCUT2D eigenvalue weighted by molar-refractivity contribution is 6.09. The highest BCUT2D eigenvalue weighted by atomic mass is 16.5. The molecule has 0 saturated heterocycles. The zero-order valence-electron chi connectivity index (χ0n) is 25.8. The number of anilines is 1. The van der Waals surface area contributed by atoms with Gasteiger partial charge in [-0.2, -0.15) is 9.97 Å². The number of amides is 1. The molecule has 0 spiro atoms. The molecule has 1 aliphatic heterocycles. The first-order valence-electron chi connectivity index (χ1n) is 15.0. The number of carbonyl (C=O) groups excluding carboxylic acids is 2. The zero-order valence-corrected chi connectivity index (χ0v) is 25.8. The Balaban J connectivity index is 0.00000198. The van der Waals surface area contributed by atoms with Crippen molar-refractivity contribution in [1.82, 2.24) is 19.8 Å². The monoisotopic (exact) mass is 575 g/mol. The van der Waals surface area contributed by atoms with Gasteiger partial charge in [-0.15, -0.1) is 0 Å². The summed E-state index contributed by atoms with van der Waals surface area (Å²) in [6.45, 7) is 12.6. The number of rotatable bonds is 12. The van der Waals surface area contributed by atoms with E-state index in [1.165, 1.54) is 0 Å². The van der Waals surface area contributed by atoms with Gasteiger partial charge in [0, 0.05) is 30.6 Å². The van der Waals surface area contributed by atoms with Gasteiger partial charge < -0.3 is 29.3 Å². The Hall–Kier alpha value is -3.72. The van der Waals surface area contributed by atoms with Crippen molar-refractivity contribution >= 4 is 29.3 Å². The fourth-order valence-electron chi connectivity index (χ4n) is 5.98. The SMILES string of the molecule is C=O.CCCCN(CCC)c1nc(OCC2(CN(C)C)CC2)nc2c1CN(C(=O)c1cc(O)cc3cccc(C)c13)C2. The van der Waals surface area contributed by atoms with Crippen molar-refractivity contribution in [3.63, 3.8) is 0 Å². The first-order valence-corrected chi connectivity index (χ1v) is 15.0. The highest BCUT2D eigenvalue weighted by Gasteiger charge is 2.44. The smallest absolute Gasteiger partial charge is 0.318 e. The molecular weight excluding hydrogens is 530 g/mol. The maximum absolute atomic E-state index is 14.0. The molecule has 2 aromatic carbocycles. The van der Waals surface area contributed by atoms with Crippen LogP contribution in [0.2, 0.25) is 0 Å². The number of benzene rings is 2. The Morgan fingerprint density at radius 1 is 1.10 bits per heavy atom. The summed E-state index contributed by atoms with van der Waals surface area (Å²) in [4.78, 5) is 38.2. The quantitative estimate of drug-likeness (QED) is 0.309. The van der Waals surface area contributed by atoms with E-state index in [0.29, 0.717) is 31.3 Å². The van der Waals surface area contributed by atoms with Gasteiger partial charge in [0.1, 0.15) is 18.4 Å². The van der Waals surface area contributed by atoms with Crippen LogP contribution in [-0.4, -0.2) is 77.9 Å². The van der Waals surface area contributed by atoms with Crippen LogP contribution in [0.15, 0.2) is 30.3 Å². The number of hydrogen-bond acceptors (Lipinski definition) is 8. The lowest BCUT2D eigenvalue weighted by Gasteiger charge is -2.26. The molecule has 0 bridgehead atoms. The number of carbonyl (C=O) groups is 2. The van der Waals surface area contributed by atoms with E-state index in [4.69, 9.17) is 19.5 Å². The summed E-state index contributed by atoms with van der Waals surface area (Å²) in [7, 11) is 4.20. The summed E-state index contributed by atoms with van der Waals surface area (Å²) >= 11 is 0. The number of hydrogen-bond donors (Lipinski definition) is 1. The minimum Gasteiger partial charge on any atom is -0.508 e. The number of aryl methyl sites for hydroxylation is 1. The van der Waals surface area contributed by atoms with Gasteiger partial charge in [0.2, 0.25) is 0 Å². The van der Waals surface area contributed by atoms with Crippen molar-refractivity contribution in [2.45, 2.75) is 66.0 Å². The lowest BCUT2D eigenvalue weighted by atomic mass is 9.98. The molecule has 9 heteroatoms. The van der Waals surface area contributed by atoms with E-state index in [0.717, 1.165) is 85.1 Å². The van der Waals surface area contributed by atoms with E-state index in [1.807, 2.05) is 36.8 Å². The number of aromatic hydroxyl groups is 1. The third-order valence-corrected chi connectivity index (χ3v) is 8.12. The van der Waals surface area contributed by atoms with Crippen molar-refractivity contribution < 1.29 is 19.4 Å². The fraction of sp³-hybridized carbons (Fsp3) is 0.515. The normalized spacial score (nSPS) is 14.9. The number of unbranched alkanes of at least 4 members (excludes halogenated alkanes) is 1. The summed E-state index contributed by atoms with van der Waals surface area (Å²) in [6.07, 6.45) is 5.47. The van der Waals surface area contributed by atoms with E-state index in [2.05, 4.69) is 37.7 Å². The molecule has 1 saturated carbocycles. The van der Waals surface area contributed by atoms with Crippen molar-refractivity contribution in [2.24, 2.45) is 5.41 Å². The molecule has 0 unspecified atom stereocenters. The maximum Gasteiger partial charge on any atom is 0.318 e. The molecule has 5 rings (SSSR count). The molecule has 2 aliphatic rings. The van der Waals surface area contributed by atoms with Crippen molar-refractivity contribution in [3.05, 3.63) is 52.7 Å². The first kappa shape index (κ1) is 31.2. The Morgan fingerprint density at radius 3 is 2.52 bits per heavy atom. The average molecular weight is 576 g/mol.